The van der Waals surface area contributed by atoms with Gasteiger partial charge in [-0.25, -0.2) is 18.1 Å². The Morgan fingerprint density at radius 1 is 1.38 bits per heavy atom. The first-order chi connectivity index (χ1) is 9.86. The van der Waals surface area contributed by atoms with E-state index < -0.39 is 16.1 Å². The molecule has 0 bridgehead atoms. The van der Waals surface area contributed by atoms with Gasteiger partial charge in [-0.15, -0.1) is 0 Å². The predicted octanol–water partition coefficient (Wildman–Crippen LogP) is 0.773. The second-order valence-electron chi connectivity index (χ2n) is 4.77. The number of hydrogen-bond donors (Lipinski definition) is 3. The largest absolute Gasteiger partial charge is 0.465 e. The molecular weight excluding hydrogens is 294 g/mol. The third-order valence-electron chi connectivity index (χ3n) is 3.12. The van der Waals surface area contributed by atoms with E-state index in [-0.39, 0.29) is 4.90 Å². The first-order valence-corrected chi connectivity index (χ1v) is 7.96. The Hall–Kier alpha value is -1.71. The molecule has 0 aliphatic rings. The lowest BCUT2D eigenvalue weighted by atomic mass is 10.2. The van der Waals surface area contributed by atoms with Crippen LogP contribution in [-0.2, 0) is 16.6 Å². The summed E-state index contributed by atoms with van der Waals surface area (Å²) in [7, 11) is -1.97. The molecule has 116 valence electrons. The van der Waals surface area contributed by atoms with Gasteiger partial charge >= 0.3 is 0 Å². The molecule has 2 rings (SSSR count). The summed E-state index contributed by atoms with van der Waals surface area (Å²) >= 11 is 0. The van der Waals surface area contributed by atoms with E-state index in [1.54, 1.807) is 27.8 Å². The van der Waals surface area contributed by atoms with Crippen LogP contribution in [0.2, 0.25) is 0 Å². The zero-order valence-electron chi connectivity index (χ0n) is 12.4. The summed E-state index contributed by atoms with van der Waals surface area (Å²) in [5.41, 5.74) is 0.632. The van der Waals surface area contributed by atoms with Crippen LogP contribution in [0, 0.1) is 13.8 Å². The number of rotatable bonds is 6. The van der Waals surface area contributed by atoms with Crippen LogP contribution in [0.3, 0.4) is 0 Å². The van der Waals surface area contributed by atoms with Gasteiger partial charge in [0.25, 0.3) is 0 Å². The second-order valence-corrected chi connectivity index (χ2v) is 6.42. The Labute approximate surface area is 123 Å². The molecule has 2 heterocycles. The van der Waals surface area contributed by atoms with Crippen molar-refractivity contribution in [3.63, 3.8) is 0 Å². The molecule has 1 atom stereocenters. The monoisotopic (exact) mass is 313 g/mol. The van der Waals surface area contributed by atoms with Gasteiger partial charge in [0.1, 0.15) is 28.6 Å². The summed E-state index contributed by atoms with van der Waals surface area (Å²) in [6, 6.07) is -0.519. The van der Waals surface area contributed by atoms with Gasteiger partial charge in [-0.3, -0.25) is 5.10 Å². The zero-order chi connectivity index (χ0) is 15.6. The van der Waals surface area contributed by atoms with E-state index in [4.69, 9.17) is 4.42 Å². The van der Waals surface area contributed by atoms with Crippen molar-refractivity contribution in [1.29, 1.82) is 0 Å². The lowest BCUT2D eigenvalue weighted by Gasteiger charge is -2.12. The number of aromatic amines is 1. The summed E-state index contributed by atoms with van der Waals surface area (Å²) in [5.74, 6) is 1.41. The summed E-state index contributed by atoms with van der Waals surface area (Å²) < 4.78 is 33.3. The number of H-pyrrole nitrogens is 1. The third kappa shape index (κ3) is 3.14. The quantitative estimate of drug-likeness (QED) is 0.726. The molecule has 0 saturated heterocycles. The normalized spacial score (nSPS) is 13.5. The van der Waals surface area contributed by atoms with Gasteiger partial charge in [-0.05, 0) is 27.8 Å². The molecule has 0 radical (unpaired) electrons. The van der Waals surface area contributed by atoms with Crippen LogP contribution < -0.4 is 10.0 Å². The first-order valence-electron chi connectivity index (χ1n) is 6.48. The van der Waals surface area contributed by atoms with Crippen molar-refractivity contribution >= 4 is 10.0 Å². The van der Waals surface area contributed by atoms with E-state index in [0.717, 1.165) is 0 Å². The standard InChI is InChI=1S/C12H19N5O3S/c1-7(12-14-6-15-16-12)17-21(18,19)11-9(3)20-8(2)10(11)5-13-4/h6-7,13,17H,5H2,1-4H3,(H,14,15,16). The minimum atomic E-state index is -3.72. The van der Waals surface area contributed by atoms with Gasteiger partial charge in [-0.1, -0.05) is 0 Å². The molecule has 1 unspecified atom stereocenters. The molecule has 8 nitrogen and oxygen atoms in total. The van der Waals surface area contributed by atoms with Gasteiger partial charge in [0.15, 0.2) is 0 Å². The molecule has 0 amide bonds. The number of nitrogens with one attached hydrogen (secondary N) is 3. The van der Waals surface area contributed by atoms with E-state index in [9.17, 15) is 8.42 Å². The van der Waals surface area contributed by atoms with E-state index in [2.05, 4.69) is 25.2 Å². The summed E-state index contributed by atoms with van der Waals surface area (Å²) in [6.45, 7) is 5.49. The Kier molecular flexibility index (Phi) is 4.45. The first kappa shape index (κ1) is 15.7. The van der Waals surface area contributed by atoms with Crippen LogP contribution in [0.5, 0.6) is 0 Å². The molecule has 0 fully saturated rings. The summed E-state index contributed by atoms with van der Waals surface area (Å²) in [5, 5.41) is 9.31. The Morgan fingerprint density at radius 3 is 2.67 bits per heavy atom. The van der Waals surface area contributed by atoms with Crippen molar-refractivity contribution < 1.29 is 12.8 Å². The molecule has 3 N–H and O–H groups in total. The molecule has 0 aliphatic carbocycles. The van der Waals surface area contributed by atoms with Crippen molar-refractivity contribution in [1.82, 2.24) is 25.2 Å². The molecule has 0 saturated carbocycles. The van der Waals surface area contributed by atoms with Crippen LogP contribution in [0.25, 0.3) is 0 Å². The van der Waals surface area contributed by atoms with Crippen LogP contribution in [0.1, 0.15) is 35.9 Å². The number of furan rings is 1. The topological polar surface area (TPSA) is 113 Å². The SMILES string of the molecule is CNCc1c(C)oc(C)c1S(=O)(=O)NC(C)c1ncn[nH]1. The van der Waals surface area contributed by atoms with Gasteiger partial charge in [0.05, 0.1) is 6.04 Å². The van der Waals surface area contributed by atoms with Gasteiger partial charge in [-0.2, -0.15) is 5.10 Å². The second kappa shape index (κ2) is 5.96. The van der Waals surface area contributed by atoms with E-state index in [1.807, 2.05) is 0 Å². The van der Waals surface area contributed by atoms with Gasteiger partial charge < -0.3 is 9.73 Å². The predicted molar refractivity (Wildman–Crippen MR) is 76.1 cm³/mol. The smallest absolute Gasteiger partial charge is 0.245 e. The number of aromatic nitrogens is 3. The Bertz CT molecular complexity index is 706. The molecule has 0 aromatic carbocycles. The van der Waals surface area contributed by atoms with Crippen LogP contribution in [-0.4, -0.2) is 30.6 Å². The highest BCUT2D eigenvalue weighted by Gasteiger charge is 2.28. The minimum Gasteiger partial charge on any atom is -0.465 e. The lowest BCUT2D eigenvalue weighted by Crippen LogP contribution is -2.29. The average Bonchev–Trinajstić information content (AvgIpc) is 2.98. The van der Waals surface area contributed by atoms with Crippen molar-refractivity contribution in [2.24, 2.45) is 0 Å². The van der Waals surface area contributed by atoms with Gasteiger partial charge in [0.2, 0.25) is 10.0 Å². The molecule has 9 heteroatoms. The van der Waals surface area contributed by atoms with Gasteiger partial charge in [0, 0.05) is 12.1 Å². The van der Waals surface area contributed by atoms with Crippen molar-refractivity contribution in [2.45, 2.75) is 38.3 Å². The molecule has 21 heavy (non-hydrogen) atoms. The van der Waals surface area contributed by atoms with E-state index in [1.165, 1.54) is 6.33 Å². The maximum absolute atomic E-state index is 12.6. The Morgan fingerprint density at radius 2 is 2.10 bits per heavy atom. The fourth-order valence-electron chi connectivity index (χ4n) is 2.21. The highest BCUT2D eigenvalue weighted by molar-refractivity contribution is 7.89. The minimum absolute atomic E-state index is 0.181. The van der Waals surface area contributed by atoms with Crippen molar-refractivity contribution in [3.8, 4) is 0 Å². The summed E-state index contributed by atoms with van der Waals surface area (Å²) in [4.78, 5) is 4.13. The van der Waals surface area contributed by atoms with Crippen molar-refractivity contribution in [2.75, 3.05) is 7.05 Å². The fraction of sp³-hybridized carbons (Fsp3) is 0.500. The summed E-state index contributed by atoms with van der Waals surface area (Å²) in [6.07, 6.45) is 1.33. The van der Waals surface area contributed by atoms with E-state index in [0.29, 0.717) is 29.5 Å². The fourth-order valence-corrected chi connectivity index (χ4v) is 3.87. The molecule has 2 aromatic heterocycles. The maximum atomic E-state index is 12.6. The molecule has 0 spiro atoms. The number of aryl methyl sites for hydroxylation is 2. The highest BCUT2D eigenvalue weighted by atomic mass is 32.2. The van der Waals surface area contributed by atoms with Crippen LogP contribution in [0.4, 0.5) is 0 Å². The average molecular weight is 313 g/mol. The molecule has 2 aromatic rings. The lowest BCUT2D eigenvalue weighted by molar-refractivity contribution is 0.492. The van der Waals surface area contributed by atoms with Crippen molar-refractivity contribution in [3.05, 3.63) is 29.2 Å². The van der Waals surface area contributed by atoms with Crippen LogP contribution >= 0.6 is 0 Å². The number of hydrogen-bond acceptors (Lipinski definition) is 6. The third-order valence-corrected chi connectivity index (χ3v) is 4.86. The maximum Gasteiger partial charge on any atom is 0.245 e. The Balaban J connectivity index is 2.36. The highest BCUT2D eigenvalue weighted by Crippen LogP contribution is 2.27. The van der Waals surface area contributed by atoms with E-state index >= 15 is 0 Å². The number of sulfonamides is 1. The number of nitrogens with zero attached hydrogens (tertiary/aromatic N) is 2. The molecule has 0 aliphatic heterocycles. The zero-order valence-corrected chi connectivity index (χ0v) is 13.2. The van der Waals surface area contributed by atoms with Crippen LogP contribution in [0.15, 0.2) is 15.6 Å². The molecular formula is C12H19N5O3S.